The highest BCUT2D eigenvalue weighted by molar-refractivity contribution is 5.85. The maximum absolute atomic E-state index is 9.60. The van der Waals surface area contributed by atoms with Crippen molar-refractivity contribution in [1.29, 1.82) is 0 Å². The first-order chi connectivity index (χ1) is 6.45. The molecule has 0 saturated carbocycles. The molecule has 1 saturated heterocycles. The molecule has 5 heteroatoms. The van der Waals surface area contributed by atoms with Crippen LogP contribution in [0, 0.1) is 0 Å². The van der Waals surface area contributed by atoms with Gasteiger partial charge in [-0.25, -0.2) is 0 Å². The second kappa shape index (κ2) is 8.95. The number of rotatable bonds is 1. The lowest BCUT2D eigenvalue weighted by molar-refractivity contribution is -0.138. The summed E-state index contributed by atoms with van der Waals surface area (Å²) < 4.78 is 4.55. The Balaban J connectivity index is 0. The first-order valence-electron chi connectivity index (χ1n) is 5.01. The molecule has 1 aliphatic rings. The summed E-state index contributed by atoms with van der Waals surface area (Å²) >= 11 is 0. The summed E-state index contributed by atoms with van der Waals surface area (Å²) in [5.74, 6) is 0. The summed E-state index contributed by atoms with van der Waals surface area (Å²) in [5, 5.41) is 6.59. The van der Waals surface area contributed by atoms with Gasteiger partial charge in [0.05, 0.1) is 0 Å². The Hall–Kier alpha value is -0.320. The summed E-state index contributed by atoms with van der Waals surface area (Å²) in [5.41, 5.74) is -0.318. The molecule has 0 aromatic carbocycles. The summed E-state index contributed by atoms with van der Waals surface area (Å²) in [6, 6.07) is 0.675. The second-order valence-electron chi connectivity index (χ2n) is 4.39. The topological polar surface area (TPSA) is 50.4 Å². The predicted molar refractivity (Wildman–Crippen MR) is 64.5 cm³/mol. The molecular weight excluding hydrogens is 216 g/mol. The van der Waals surface area contributed by atoms with Gasteiger partial charge in [0.15, 0.2) is 0 Å². The normalized spacial score (nSPS) is 20.4. The van der Waals surface area contributed by atoms with E-state index < -0.39 is 0 Å². The first-order valence-corrected chi connectivity index (χ1v) is 5.01. The molecule has 1 aliphatic heterocycles. The zero-order valence-corrected chi connectivity index (χ0v) is 10.8. The van der Waals surface area contributed by atoms with Gasteiger partial charge in [-0.15, -0.1) is 12.4 Å². The lowest BCUT2D eigenvalue weighted by Gasteiger charge is -2.19. The molecule has 0 bridgehead atoms. The van der Waals surface area contributed by atoms with Crippen LogP contribution in [0.5, 0.6) is 0 Å². The molecule has 0 aromatic rings. The summed E-state index contributed by atoms with van der Waals surface area (Å²) in [6.07, 6.45) is 0. The van der Waals surface area contributed by atoms with Crippen LogP contribution >= 0.6 is 12.4 Å². The van der Waals surface area contributed by atoms with Crippen molar-refractivity contribution in [3.05, 3.63) is 0 Å². The van der Waals surface area contributed by atoms with Gasteiger partial charge < -0.3 is 15.4 Å². The average molecular weight is 239 g/mol. The van der Waals surface area contributed by atoms with E-state index >= 15 is 0 Å². The third kappa shape index (κ3) is 13.7. The van der Waals surface area contributed by atoms with Crippen LogP contribution in [-0.2, 0) is 9.53 Å². The number of piperazine rings is 1. The lowest BCUT2D eigenvalue weighted by Crippen LogP contribution is -2.46. The zero-order valence-electron chi connectivity index (χ0n) is 10.0. The van der Waals surface area contributed by atoms with Crippen LogP contribution in [0.25, 0.3) is 0 Å². The van der Waals surface area contributed by atoms with E-state index in [1.54, 1.807) is 0 Å². The van der Waals surface area contributed by atoms with Crippen LogP contribution in [0.15, 0.2) is 0 Å². The van der Waals surface area contributed by atoms with Crippen LogP contribution in [0.1, 0.15) is 27.7 Å². The van der Waals surface area contributed by atoms with E-state index in [2.05, 4.69) is 22.3 Å². The Morgan fingerprint density at radius 3 is 2.07 bits per heavy atom. The number of halogens is 1. The molecule has 2 N–H and O–H groups in total. The molecule has 92 valence electrons. The van der Waals surface area contributed by atoms with Crippen LogP contribution in [-0.4, -0.2) is 37.7 Å². The fraction of sp³-hybridized carbons (Fsp3) is 0.900. The average Bonchev–Trinajstić information content (AvgIpc) is 2.04. The molecule has 1 rings (SSSR count). The molecule has 15 heavy (non-hydrogen) atoms. The third-order valence-electron chi connectivity index (χ3n) is 1.65. The number of carbonyl (C=O) groups is 1. The van der Waals surface area contributed by atoms with E-state index in [-0.39, 0.29) is 18.0 Å². The van der Waals surface area contributed by atoms with E-state index in [1.807, 2.05) is 20.8 Å². The van der Waals surface area contributed by atoms with Crippen molar-refractivity contribution in [3.8, 4) is 0 Å². The van der Waals surface area contributed by atoms with E-state index in [4.69, 9.17) is 0 Å². The largest absolute Gasteiger partial charge is 0.462 e. The standard InChI is InChI=1S/C5H12N2.C5H10O2.ClH/c1-5-4-6-2-3-7-5;1-5(2,3)7-4-6;/h5-7H,2-4H2,1H3;4H,1-3H3;1H/t5-;;/m1../s1. The zero-order chi connectivity index (χ0) is 11.0. The molecule has 1 fully saturated rings. The van der Waals surface area contributed by atoms with Crippen LogP contribution in [0.4, 0.5) is 0 Å². The van der Waals surface area contributed by atoms with Gasteiger partial charge in [-0.05, 0) is 27.7 Å². The van der Waals surface area contributed by atoms with Gasteiger partial charge in [-0.1, -0.05) is 0 Å². The Labute approximate surface area is 98.6 Å². The van der Waals surface area contributed by atoms with Crippen molar-refractivity contribution in [3.63, 3.8) is 0 Å². The first kappa shape index (κ1) is 17.1. The number of carbonyl (C=O) groups excluding carboxylic acids is 1. The van der Waals surface area contributed by atoms with Crippen molar-refractivity contribution in [2.75, 3.05) is 19.6 Å². The van der Waals surface area contributed by atoms with E-state index in [0.29, 0.717) is 12.5 Å². The minimum absolute atomic E-state index is 0. The quantitative estimate of drug-likeness (QED) is 0.668. The number of ether oxygens (including phenoxy) is 1. The van der Waals surface area contributed by atoms with Crippen molar-refractivity contribution >= 4 is 18.9 Å². The summed E-state index contributed by atoms with van der Waals surface area (Å²) in [7, 11) is 0. The monoisotopic (exact) mass is 238 g/mol. The molecule has 1 heterocycles. The van der Waals surface area contributed by atoms with Gasteiger partial charge in [0, 0.05) is 25.7 Å². The summed E-state index contributed by atoms with van der Waals surface area (Å²) in [6.45, 7) is 11.5. The van der Waals surface area contributed by atoms with E-state index in [0.717, 1.165) is 19.6 Å². The second-order valence-corrected chi connectivity index (χ2v) is 4.39. The maximum atomic E-state index is 9.60. The SMILES string of the molecule is CC(C)(C)OC=O.C[C@@H]1CNCCN1.Cl. The minimum Gasteiger partial charge on any atom is -0.462 e. The van der Waals surface area contributed by atoms with E-state index in [1.165, 1.54) is 0 Å². The molecule has 0 amide bonds. The van der Waals surface area contributed by atoms with Crippen molar-refractivity contribution in [2.24, 2.45) is 0 Å². The van der Waals surface area contributed by atoms with Crippen LogP contribution < -0.4 is 10.6 Å². The number of hydrogen-bond donors (Lipinski definition) is 2. The highest BCUT2D eigenvalue weighted by Gasteiger charge is 2.07. The van der Waals surface area contributed by atoms with Gasteiger partial charge >= 0.3 is 0 Å². The minimum atomic E-state index is -0.318. The van der Waals surface area contributed by atoms with Crippen molar-refractivity contribution in [1.82, 2.24) is 10.6 Å². The van der Waals surface area contributed by atoms with Crippen LogP contribution in [0.3, 0.4) is 0 Å². The van der Waals surface area contributed by atoms with Gasteiger partial charge in [0.25, 0.3) is 6.47 Å². The van der Waals surface area contributed by atoms with Crippen molar-refractivity contribution < 1.29 is 9.53 Å². The smallest absolute Gasteiger partial charge is 0.293 e. The Morgan fingerprint density at radius 2 is 1.93 bits per heavy atom. The predicted octanol–water partition coefficient (Wildman–Crippen LogP) is 0.947. The molecule has 0 unspecified atom stereocenters. The van der Waals surface area contributed by atoms with Crippen LogP contribution in [0.2, 0.25) is 0 Å². The summed E-state index contributed by atoms with van der Waals surface area (Å²) in [4.78, 5) is 9.60. The third-order valence-corrected chi connectivity index (χ3v) is 1.65. The van der Waals surface area contributed by atoms with Gasteiger partial charge in [-0.2, -0.15) is 0 Å². The lowest BCUT2D eigenvalue weighted by atomic mass is 10.2. The fourth-order valence-corrected chi connectivity index (χ4v) is 0.942. The molecule has 1 atom stereocenters. The number of hydrogen-bond acceptors (Lipinski definition) is 4. The van der Waals surface area contributed by atoms with Gasteiger partial charge in [0.1, 0.15) is 5.60 Å². The molecule has 0 aliphatic carbocycles. The molecule has 0 spiro atoms. The number of nitrogens with one attached hydrogen (secondary N) is 2. The molecule has 0 radical (unpaired) electrons. The molecule has 4 nitrogen and oxygen atoms in total. The van der Waals surface area contributed by atoms with E-state index in [9.17, 15) is 4.79 Å². The highest BCUT2D eigenvalue weighted by Crippen LogP contribution is 2.02. The fourth-order valence-electron chi connectivity index (χ4n) is 0.942. The highest BCUT2D eigenvalue weighted by atomic mass is 35.5. The molecular formula is C10H23ClN2O2. The Morgan fingerprint density at radius 1 is 1.33 bits per heavy atom. The van der Waals surface area contributed by atoms with Gasteiger partial charge in [-0.3, -0.25) is 4.79 Å². The van der Waals surface area contributed by atoms with Crippen molar-refractivity contribution in [2.45, 2.75) is 39.3 Å². The Bertz CT molecular complexity index is 154. The van der Waals surface area contributed by atoms with Gasteiger partial charge in [0.2, 0.25) is 0 Å². The maximum Gasteiger partial charge on any atom is 0.293 e. The Kier molecular flexibility index (Phi) is 10.2. The molecule has 0 aromatic heterocycles.